The molecular formula is C10H12N2O3S2. The van der Waals surface area contributed by atoms with E-state index < -0.39 is 9.74 Å². The summed E-state index contributed by atoms with van der Waals surface area (Å²) in [6.07, 6.45) is 1.36. The van der Waals surface area contributed by atoms with Crippen molar-refractivity contribution >= 4 is 39.8 Å². The number of piperazine rings is 1. The summed E-state index contributed by atoms with van der Waals surface area (Å²) in [6.45, 7) is 2.23. The van der Waals surface area contributed by atoms with Gasteiger partial charge in [-0.15, -0.1) is 0 Å². The minimum Gasteiger partial charge on any atom is -0.320 e. The van der Waals surface area contributed by atoms with Crippen LogP contribution in [-0.4, -0.2) is 49.4 Å². The molecule has 92 valence electrons. The van der Waals surface area contributed by atoms with E-state index in [-0.39, 0.29) is 16.3 Å². The Balaban J connectivity index is 2.23. The van der Waals surface area contributed by atoms with E-state index in [2.05, 4.69) is 0 Å². The van der Waals surface area contributed by atoms with Gasteiger partial charge in [-0.25, -0.2) is 0 Å². The van der Waals surface area contributed by atoms with Gasteiger partial charge in [0.1, 0.15) is 0 Å². The first-order chi connectivity index (χ1) is 7.92. The van der Waals surface area contributed by atoms with Crippen LogP contribution >= 0.6 is 23.5 Å². The highest BCUT2D eigenvalue weighted by molar-refractivity contribution is 8.40. The summed E-state index contributed by atoms with van der Waals surface area (Å²) in [5.41, 5.74) is 0. The van der Waals surface area contributed by atoms with Crippen LogP contribution in [0.15, 0.2) is 0 Å². The first kappa shape index (κ1) is 11.4. The number of carbonyl (C=O) groups excluding carboxylic acids is 3. The van der Waals surface area contributed by atoms with Gasteiger partial charge in [-0.1, -0.05) is 0 Å². The van der Waals surface area contributed by atoms with Gasteiger partial charge in [-0.3, -0.25) is 14.4 Å². The molecule has 0 aromatic heterocycles. The summed E-state index contributed by atoms with van der Waals surface area (Å²) >= 11 is 1.98. The van der Waals surface area contributed by atoms with E-state index in [1.165, 1.54) is 4.90 Å². The van der Waals surface area contributed by atoms with Crippen molar-refractivity contribution in [2.45, 2.75) is 29.5 Å². The number of carbonyl (C=O) groups is 3. The summed E-state index contributed by atoms with van der Waals surface area (Å²) < 4.78 is -0.136. The van der Waals surface area contributed by atoms with Crippen molar-refractivity contribution in [3.63, 3.8) is 0 Å². The topological polar surface area (TPSA) is 57.7 Å². The van der Waals surface area contributed by atoms with Gasteiger partial charge in [0.15, 0.2) is 9.74 Å². The summed E-state index contributed by atoms with van der Waals surface area (Å²) in [5, 5.41) is 0. The Bertz CT molecular complexity index is 453. The lowest BCUT2D eigenvalue weighted by Gasteiger charge is -2.48. The number of fused-ring (bicyclic) bond motifs is 3. The Morgan fingerprint density at radius 1 is 1.18 bits per heavy atom. The molecule has 0 aromatic carbocycles. The van der Waals surface area contributed by atoms with E-state index in [9.17, 15) is 14.4 Å². The molecule has 2 atom stereocenters. The molecule has 2 unspecified atom stereocenters. The van der Waals surface area contributed by atoms with Crippen LogP contribution in [0.25, 0.3) is 0 Å². The molecule has 4 rings (SSSR count). The first-order valence-corrected chi connectivity index (χ1v) is 7.07. The number of hydrogen-bond acceptors (Lipinski definition) is 5. The van der Waals surface area contributed by atoms with E-state index in [4.69, 9.17) is 0 Å². The molecule has 0 aliphatic carbocycles. The predicted octanol–water partition coefficient (Wildman–Crippen LogP) is 1.09. The molecule has 4 aliphatic heterocycles. The maximum absolute atomic E-state index is 12.5. The van der Waals surface area contributed by atoms with Crippen molar-refractivity contribution in [2.75, 3.05) is 13.6 Å². The van der Waals surface area contributed by atoms with Gasteiger partial charge in [-0.2, -0.15) is 0 Å². The molecule has 7 heteroatoms. The van der Waals surface area contributed by atoms with E-state index in [1.807, 2.05) is 0 Å². The molecule has 1 spiro atoms. The van der Waals surface area contributed by atoms with Gasteiger partial charge in [0.2, 0.25) is 0 Å². The Labute approximate surface area is 107 Å². The van der Waals surface area contributed by atoms with E-state index in [1.54, 1.807) is 18.9 Å². The lowest BCUT2D eigenvalue weighted by Crippen LogP contribution is -2.69. The average Bonchev–Trinajstić information content (AvgIpc) is 2.63. The third-order valence-corrected chi connectivity index (χ3v) is 6.40. The highest BCUT2D eigenvalue weighted by Crippen LogP contribution is 2.55. The van der Waals surface area contributed by atoms with Gasteiger partial charge >= 0.3 is 0 Å². The molecule has 2 bridgehead atoms. The van der Waals surface area contributed by atoms with Crippen molar-refractivity contribution in [3.8, 4) is 0 Å². The van der Waals surface area contributed by atoms with Crippen LogP contribution in [0.5, 0.6) is 0 Å². The molecular weight excluding hydrogens is 260 g/mol. The number of hydrogen-bond donors (Lipinski definition) is 0. The fourth-order valence-corrected chi connectivity index (χ4v) is 5.55. The smallest absolute Gasteiger partial charge is 0.260 e. The maximum Gasteiger partial charge on any atom is 0.260 e. The van der Waals surface area contributed by atoms with Crippen molar-refractivity contribution in [2.24, 2.45) is 0 Å². The number of thioether (sulfide) groups is 2. The second kappa shape index (κ2) is 3.20. The lowest BCUT2D eigenvalue weighted by molar-refractivity contribution is -0.161. The van der Waals surface area contributed by atoms with E-state index in [0.29, 0.717) is 13.0 Å². The van der Waals surface area contributed by atoms with E-state index >= 15 is 0 Å². The van der Waals surface area contributed by atoms with Crippen LogP contribution in [0.3, 0.4) is 0 Å². The fraction of sp³-hybridized carbons (Fsp3) is 0.700. The minimum absolute atomic E-state index is 0.111. The Morgan fingerprint density at radius 3 is 2.59 bits per heavy atom. The monoisotopic (exact) mass is 272 g/mol. The first-order valence-electron chi connectivity index (χ1n) is 5.44. The van der Waals surface area contributed by atoms with Gasteiger partial charge < -0.3 is 9.80 Å². The molecule has 4 aliphatic rings. The van der Waals surface area contributed by atoms with Crippen molar-refractivity contribution < 1.29 is 14.4 Å². The van der Waals surface area contributed by atoms with Crippen LogP contribution in [-0.2, 0) is 9.59 Å². The van der Waals surface area contributed by atoms with Crippen molar-refractivity contribution in [1.29, 1.82) is 0 Å². The number of likely N-dealkylation sites (N-methyl/N-ethyl adjacent to an activating group) is 1. The maximum atomic E-state index is 12.5. The molecule has 0 N–H and O–H groups in total. The zero-order valence-electron chi connectivity index (χ0n) is 9.56. The standard InChI is InChI=1S/C10H12N2O3S2/c1-9-6(13)12-5-3-4-10(12,7(14)11(9)2)17-8(15)16-9/h3-5H2,1-2H3. The minimum atomic E-state index is -1.06. The van der Waals surface area contributed by atoms with Gasteiger partial charge in [0.25, 0.3) is 16.3 Å². The Kier molecular flexibility index (Phi) is 2.15. The van der Waals surface area contributed by atoms with Crippen molar-refractivity contribution in [3.05, 3.63) is 0 Å². The molecule has 4 saturated heterocycles. The second-order valence-electron chi connectivity index (χ2n) is 4.65. The summed E-state index contributed by atoms with van der Waals surface area (Å²) in [4.78, 5) is 37.8. The van der Waals surface area contributed by atoms with Crippen LogP contribution < -0.4 is 0 Å². The predicted molar refractivity (Wildman–Crippen MR) is 65.4 cm³/mol. The summed E-state index contributed by atoms with van der Waals surface area (Å²) in [5.74, 6) is -0.221. The third kappa shape index (κ3) is 1.16. The summed E-state index contributed by atoms with van der Waals surface area (Å²) in [7, 11) is 1.61. The van der Waals surface area contributed by atoms with Gasteiger partial charge in [0, 0.05) is 13.6 Å². The Hall–Kier alpha value is -0.690. The second-order valence-corrected chi connectivity index (χ2v) is 7.52. The van der Waals surface area contributed by atoms with Crippen LogP contribution in [0, 0.1) is 0 Å². The average molecular weight is 272 g/mol. The van der Waals surface area contributed by atoms with Gasteiger partial charge in [-0.05, 0) is 43.3 Å². The molecule has 17 heavy (non-hydrogen) atoms. The van der Waals surface area contributed by atoms with Crippen LogP contribution in [0.1, 0.15) is 19.8 Å². The molecule has 0 radical (unpaired) electrons. The molecule has 4 fully saturated rings. The molecule has 4 heterocycles. The number of nitrogens with zero attached hydrogens (tertiary/aromatic N) is 2. The van der Waals surface area contributed by atoms with Crippen molar-refractivity contribution in [1.82, 2.24) is 9.80 Å². The zero-order chi connectivity index (χ0) is 12.4. The largest absolute Gasteiger partial charge is 0.320 e. The Morgan fingerprint density at radius 2 is 1.88 bits per heavy atom. The SMILES string of the molecule is CN1C(=O)C23CCCN2C(=O)C1(C)SC(=O)S3. The fourth-order valence-electron chi connectivity index (χ4n) is 2.71. The third-order valence-electron chi connectivity index (χ3n) is 3.79. The molecule has 0 saturated carbocycles. The molecule has 0 aromatic rings. The molecule has 2 amide bonds. The lowest BCUT2D eigenvalue weighted by atomic mass is 10.1. The van der Waals surface area contributed by atoms with Crippen LogP contribution in [0.4, 0.5) is 4.79 Å². The zero-order valence-corrected chi connectivity index (χ0v) is 11.2. The molecule has 5 nitrogen and oxygen atoms in total. The quantitative estimate of drug-likeness (QED) is 0.661. The normalized spacial score (nSPS) is 40.9. The summed E-state index contributed by atoms with van der Waals surface area (Å²) in [6, 6.07) is 0. The number of rotatable bonds is 0. The van der Waals surface area contributed by atoms with Gasteiger partial charge in [0.05, 0.1) is 0 Å². The number of amides is 2. The highest BCUT2D eigenvalue weighted by atomic mass is 32.2. The van der Waals surface area contributed by atoms with Crippen LogP contribution in [0.2, 0.25) is 0 Å². The van der Waals surface area contributed by atoms with E-state index in [0.717, 1.165) is 29.9 Å². The highest BCUT2D eigenvalue weighted by Gasteiger charge is 2.66.